The lowest BCUT2D eigenvalue weighted by molar-refractivity contribution is -0.291. The maximum Gasteiger partial charge on any atom is 0.333 e. The highest BCUT2D eigenvalue weighted by Crippen LogP contribution is 2.76. The Hall–Kier alpha value is -1.96. The van der Waals surface area contributed by atoms with Crippen LogP contribution < -0.4 is 0 Å². The third-order valence-corrected chi connectivity index (χ3v) is 16.0. The van der Waals surface area contributed by atoms with Gasteiger partial charge in [-0.05, 0) is 106 Å². The van der Waals surface area contributed by atoms with Crippen LogP contribution in [0.1, 0.15) is 122 Å². The van der Waals surface area contributed by atoms with E-state index in [1.54, 1.807) is 39.8 Å². The number of ether oxygens (including phenoxy) is 2. The van der Waals surface area contributed by atoms with Gasteiger partial charge in [-0.15, -0.1) is 0 Å². The highest BCUT2D eigenvalue weighted by atomic mass is 16.6. The highest BCUT2D eigenvalue weighted by Gasteiger charge is 2.76. The van der Waals surface area contributed by atoms with Crippen molar-refractivity contribution in [1.82, 2.24) is 0 Å². The summed E-state index contributed by atoms with van der Waals surface area (Å²) in [6.07, 6.45) is 6.48. The topological polar surface area (TPSA) is 113 Å². The molecule has 0 saturated heterocycles. The second-order valence-corrected chi connectivity index (χ2v) is 18.4. The van der Waals surface area contributed by atoms with Gasteiger partial charge < -0.3 is 24.8 Å². The standard InChI is InChI=1S/C41H64O7/c1-13-23(3)34(45)47-32-33(48-35(46)24(4)14-2)41(22-42)27(21-36(32,6)7)26-15-16-29-38(10)19-17-25(5)37(8,9)28(38)18-20-39(29,11)40(26,12)30(43)31(41)44/h13-15,25,27-33,42-44H,16-22H2,1-12H3/t25-,27?,28?,29?,30-,31+,32-,33-,38-,39+,40-,41-/m0/s1. The molecule has 4 saturated carbocycles. The van der Waals surface area contributed by atoms with Gasteiger partial charge in [0.2, 0.25) is 0 Å². The number of carbonyl (C=O) groups excluding carboxylic acids is 2. The normalized spacial score (nSPS) is 46.6. The van der Waals surface area contributed by atoms with Gasteiger partial charge in [-0.25, -0.2) is 9.59 Å². The van der Waals surface area contributed by atoms with E-state index in [-0.39, 0.29) is 16.2 Å². The van der Waals surface area contributed by atoms with Crippen LogP contribution in [0.4, 0.5) is 0 Å². The predicted molar refractivity (Wildman–Crippen MR) is 187 cm³/mol. The van der Waals surface area contributed by atoms with Crippen molar-refractivity contribution >= 4 is 11.9 Å². The van der Waals surface area contributed by atoms with Crippen LogP contribution >= 0.6 is 0 Å². The fraction of sp³-hybridized carbons (Fsp3) is 0.805. The number of hydrogen-bond acceptors (Lipinski definition) is 7. The first-order valence-electron chi connectivity index (χ1n) is 18.5. The predicted octanol–water partition coefficient (Wildman–Crippen LogP) is 7.33. The Morgan fingerprint density at radius 2 is 1.42 bits per heavy atom. The lowest BCUT2D eigenvalue weighted by atomic mass is 9.32. The summed E-state index contributed by atoms with van der Waals surface area (Å²) in [7, 11) is 0. The smallest absolute Gasteiger partial charge is 0.333 e. The lowest BCUT2D eigenvalue weighted by Crippen LogP contribution is -2.76. The van der Waals surface area contributed by atoms with Crippen molar-refractivity contribution in [3.63, 3.8) is 0 Å². The number of fused-ring (bicyclic) bond motifs is 7. The molecule has 0 aliphatic heterocycles. The Morgan fingerprint density at radius 3 is 1.96 bits per heavy atom. The first kappa shape index (κ1) is 37.3. The molecule has 0 spiro atoms. The Morgan fingerprint density at radius 1 is 0.854 bits per heavy atom. The minimum absolute atomic E-state index is 0.0854. The quantitative estimate of drug-likeness (QED) is 0.160. The molecule has 0 bridgehead atoms. The molecule has 270 valence electrons. The molecule has 5 aliphatic rings. The zero-order valence-corrected chi connectivity index (χ0v) is 31.8. The summed E-state index contributed by atoms with van der Waals surface area (Å²) in [5.41, 5.74) is -1.16. The lowest BCUT2D eigenvalue weighted by Gasteiger charge is -2.73. The van der Waals surface area contributed by atoms with Crippen molar-refractivity contribution < 1.29 is 34.4 Å². The van der Waals surface area contributed by atoms with Crippen LogP contribution in [-0.4, -0.2) is 58.3 Å². The zero-order chi connectivity index (χ0) is 36.0. The molecule has 7 heteroatoms. The Balaban J connectivity index is 1.69. The van der Waals surface area contributed by atoms with Crippen molar-refractivity contribution in [2.24, 2.45) is 56.2 Å². The van der Waals surface area contributed by atoms with Gasteiger partial charge in [-0.3, -0.25) is 0 Å². The molecule has 3 unspecified atom stereocenters. The van der Waals surface area contributed by atoms with Crippen molar-refractivity contribution in [3.8, 4) is 0 Å². The molecule has 7 nitrogen and oxygen atoms in total. The first-order chi connectivity index (χ1) is 22.2. The van der Waals surface area contributed by atoms with Crippen LogP contribution in [-0.2, 0) is 19.1 Å². The van der Waals surface area contributed by atoms with E-state index in [1.807, 2.05) is 13.8 Å². The van der Waals surface area contributed by atoms with Crippen molar-refractivity contribution in [3.05, 3.63) is 34.9 Å². The molecule has 0 aromatic heterocycles. The van der Waals surface area contributed by atoms with Gasteiger partial charge >= 0.3 is 11.9 Å². The average molecular weight is 669 g/mol. The van der Waals surface area contributed by atoms with E-state index in [4.69, 9.17) is 9.47 Å². The second kappa shape index (κ2) is 12.1. The molecule has 0 heterocycles. The van der Waals surface area contributed by atoms with Gasteiger partial charge in [0.05, 0.1) is 24.2 Å². The van der Waals surface area contributed by atoms with Crippen molar-refractivity contribution in [1.29, 1.82) is 0 Å². The van der Waals surface area contributed by atoms with Gasteiger partial charge in [0, 0.05) is 22.0 Å². The number of esters is 2. The molecular formula is C41H64O7. The zero-order valence-electron chi connectivity index (χ0n) is 31.8. The average Bonchev–Trinajstić information content (AvgIpc) is 3.03. The summed E-state index contributed by atoms with van der Waals surface area (Å²) >= 11 is 0. The fourth-order valence-corrected chi connectivity index (χ4v) is 12.1. The summed E-state index contributed by atoms with van der Waals surface area (Å²) < 4.78 is 12.5. The van der Waals surface area contributed by atoms with E-state index < -0.39 is 65.1 Å². The summed E-state index contributed by atoms with van der Waals surface area (Å²) in [4.78, 5) is 26.9. The molecule has 3 N–H and O–H groups in total. The maximum absolute atomic E-state index is 13.5. The van der Waals surface area contributed by atoms with E-state index in [1.165, 1.54) is 6.42 Å². The Kier molecular flexibility index (Phi) is 9.39. The van der Waals surface area contributed by atoms with E-state index in [0.29, 0.717) is 35.3 Å². The Bertz CT molecular complexity index is 1400. The van der Waals surface area contributed by atoms with Gasteiger partial charge in [0.1, 0.15) is 6.10 Å². The third-order valence-electron chi connectivity index (χ3n) is 16.0. The van der Waals surface area contributed by atoms with Gasteiger partial charge in [-0.2, -0.15) is 0 Å². The van der Waals surface area contributed by atoms with Crippen molar-refractivity contribution in [2.45, 2.75) is 146 Å². The van der Waals surface area contributed by atoms with Gasteiger partial charge in [0.25, 0.3) is 0 Å². The van der Waals surface area contributed by atoms with E-state index in [2.05, 4.69) is 47.6 Å². The second-order valence-electron chi connectivity index (χ2n) is 18.4. The SMILES string of the molecule is CC=C(C)C(=O)O[C@H]1[C@H](OC(=O)C(C)=CC)[C@@]2(CO)C(CC1(C)C)C1=CCC3[C@@]4(C)CC[C@H](C)C(C)(C)C4CC[C@@]3(C)[C@]1(C)[C@@H](O)[C@H]2O. The van der Waals surface area contributed by atoms with Crippen molar-refractivity contribution in [2.75, 3.05) is 6.61 Å². The van der Waals surface area contributed by atoms with Gasteiger partial charge in [0.15, 0.2) is 6.10 Å². The molecule has 12 atom stereocenters. The number of hydrogen-bond donors (Lipinski definition) is 3. The van der Waals surface area contributed by atoms with E-state index in [9.17, 15) is 24.9 Å². The monoisotopic (exact) mass is 668 g/mol. The number of aliphatic hydroxyl groups excluding tert-OH is 3. The molecule has 0 radical (unpaired) electrons. The molecule has 5 rings (SSSR count). The highest BCUT2D eigenvalue weighted by molar-refractivity contribution is 5.88. The minimum Gasteiger partial charge on any atom is -0.454 e. The van der Waals surface area contributed by atoms with E-state index >= 15 is 0 Å². The van der Waals surface area contributed by atoms with Crippen LogP contribution in [0, 0.1) is 56.2 Å². The number of aliphatic hydroxyl groups is 3. The Labute approximate surface area is 289 Å². The third kappa shape index (κ3) is 4.82. The molecular weight excluding hydrogens is 604 g/mol. The maximum atomic E-state index is 13.5. The molecule has 4 fully saturated rings. The van der Waals surface area contributed by atoms with E-state index in [0.717, 1.165) is 31.3 Å². The van der Waals surface area contributed by atoms with Crippen LogP contribution in [0.5, 0.6) is 0 Å². The summed E-state index contributed by atoms with van der Waals surface area (Å²) in [5, 5.41) is 36.8. The number of carbonyl (C=O) groups is 2. The molecule has 0 aromatic rings. The van der Waals surface area contributed by atoms with Crippen LogP contribution in [0.2, 0.25) is 0 Å². The first-order valence-corrected chi connectivity index (χ1v) is 18.5. The summed E-state index contributed by atoms with van der Waals surface area (Å²) in [6.45, 7) is 24.6. The molecule has 5 aliphatic carbocycles. The van der Waals surface area contributed by atoms with Crippen LogP contribution in [0.25, 0.3) is 0 Å². The molecule has 0 aromatic carbocycles. The minimum atomic E-state index is -1.49. The summed E-state index contributed by atoms with van der Waals surface area (Å²) in [5.74, 6) is -0.0390. The van der Waals surface area contributed by atoms with Crippen LogP contribution in [0.3, 0.4) is 0 Å². The molecule has 0 amide bonds. The molecule has 48 heavy (non-hydrogen) atoms. The number of rotatable bonds is 5. The van der Waals surface area contributed by atoms with Gasteiger partial charge in [-0.1, -0.05) is 79.2 Å². The fourth-order valence-electron chi connectivity index (χ4n) is 12.1. The summed E-state index contributed by atoms with van der Waals surface area (Å²) in [6, 6.07) is 0. The largest absolute Gasteiger partial charge is 0.454 e. The number of allylic oxidation sites excluding steroid dienone is 3. The van der Waals surface area contributed by atoms with Crippen LogP contribution in [0.15, 0.2) is 34.9 Å².